The van der Waals surface area contributed by atoms with Crippen molar-refractivity contribution in [2.75, 3.05) is 38.4 Å². The molecule has 0 spiro atoms. The molecule has 4 atom stereocenters. The molecule has 0 saturated heterocycles. The third-order valence-electron chi connectivity index (χ3n) is 9.63. The van der Waals surface area contributed by atoms with Gasteiger partial charge >= 0.3 is 6.03 Å². The number of carbonyl (C=O) groups excluding carboxylic acids is 4. The minimum atomic E-state index is -2.14. The second-order valence-corrected chi connectivity index (χ2v) is 13.0. The van der Waals surface area contributed by atoms with Gasteiger partial charge in [0.2, 0.25) is 0 Å². The highest BCUT2D eigenvalue weighted by Gasteiger charge is 2.71. The van der Waals surface area contributed by atoms with Gasteiger partial charge < -0.3 is 48.1 Å². The molecule has 2 aromatic rings. The van der Waals surface area contributed by atoms with E-state index >= 15 is 0 Å². The Morgan fingerprint density at radius 3 is 2.23 bits per heavy atom. The molecule has 0 unspecified atom stereocenters. The number of aliphatic hydroxyl groups is 2. The van der Waals surface area contributed by atoms with Gasteiger partial charge in [-0.3, -0.25) is 19.3 Å². The van der Waals surface area contributed by atoms with E-state index < -0.39 is 74.7 Å². The number of phenols is 1. The van der Waals surface area contributed by atoms with Crippen LogP contribution in [0.5, 0.6) is 5.75 Å². The van der Waals surface area contributed by atoms with Crippen molar-refractivity contribution in [3.63, 3.8) is 0 Å². The highest BCUT2D eigenvalue weighted by atomic mass is 19.1. The second-order valence-electron chi connectivity index (χ2n) is 13.0. The van der Waals surface area contributed by atoms with Crippen LogP contribution in [0.15, 0.2) is 47.2 Å². The number of nitrogens with zero attached hydrogens (tertiary/aromatic N) is 2. The highest BCUT2D eigenvalue weighted by molar-refractivity contribution is 6.25. The van der Waals surface area contributed by atoms with Crippen molar-refractivity contribution in [2.24, 2.45) is 22.6 Å². The number of aromatic hydroxyl groups is 1. The first kappa shape index (κ1) is 33.4. The van der Waals surface area contributed by atoms with Crippen LogP contribution in [0.1, 0.15) is 30.0 Å². The summed E-state index contributed by atoms with van der Waals surface area (Å²) in [6, 6.07) is 4.74. The number of Topliss-reactive ketones (excluding diaryl/α,β-unsaturated/α-hetero) is 2. The first-order chi connectivity index (χ1) is 21.8. The minimum Gasteiger partial charge on any atom is -0.510 e. The van der Waals surface area contributed by atoms with Crippen molar-refractivity contribution in [3.8, 4) is 5.75 Å². The first-order valence-electron chi connectivity index (χ1n) is 14.7. The number of benzene rings is 2. The van der Waals surface area contributed by atoms with Crippen molar-refractivity contribution >= 4 is 40.6 Å². The number of phenolic OH excluding ortho intramolecular Hbond substituents is 1. The maximum Gasteiger partial charge on any atom is 0.319 e. The van der Waals surface area contributed by atoms with Crippen LogP contribution in [-0.4, -0.2) is 89.0 Å². The van der Waals surface area contributed by atoms with E-state index in [0.717, 1.165) is 0 Å². The highest BCUT2D eigenvalue weighted by Crippen LogP contribution is 2.59. The van der Waals surface area contributed by atoms with Crippen LogP contribution >= 0.6 is 0 Å². The summed E-state index contributed by atoms with van der Waals surface area (Å²) in [5.74, 6) is -5.56. The quantitative estimate of drug-likeness (QED) is 0.204. The molecule has 0 aromatic heterocycles. The molecule has 3 aliphatic carbocycles. The lowest BCUT2D eigenvalue weighted by molar-refractivity contribution is -0.142. The van der Waals surface area contributed by atoms with Crippen LogP contribution in [-0.2, 0) is 27.3 Å². The molecule has 1 fully saturated rings. The van der Waals surface area contributed by atoms with E-state index in [1.807, 2.05) is 0 Å². The number of fused-ring (bicyclic) bond motifs is 3. The minimum absolute atomic E-state index is 0.112. The molecule has 47 heavy (non-hydrogen) atoms. The number of amides is 3. The van der Waals surface area contributed by atoms with Gasteiger partial charge in [0.15, 0.2) is 11.6 Å². The average Bonchev–Trinajstić information content (AvgIpc) is 2.95. The third kappa shape index (κ3) is 4.80. The van der Waals surface area contributed by atoms with Crippen LogP contribution in [0.3, 0.4) is 0 Å². The molecular formula is C32H38FN7O7. The van der Waals surface area contributed by atoms with E-state index in [9.17, 15) is 38.9 Å². The van der Waals surface area contributed by atoms with E-state index in [0.29, 0.717) is 16.9 Å². The standard InChI is InChI=1S/C32H38FN7O7/c1-30-26(44)20(28(34)46)24(43)25(40(4)5)32(30,36)13-31(35)11-17-18(39(2)3)10-14(22(41)19(17)23(42)21(31)27(30)45)12-37-29(47)38-16-8-6-15(33)7-9-16/h6-10,25,41-42,44H,11-13,35-36H2,1-5H3,(H2,34,46)(H2,37,38,47)/t25-,30+,31-,32-/m1/s1. The van der Waals surface area contributed by atoms with Crippen LogP contribution < -0.4 is 32.7 Å². The first-order valence-corrected chi connectivity index (χ1v) is 14.7. The van der Waals surface area contributed by atoms with Gasteiger partial charge in [-0.15, -0.1) is 0 Å². The smallest absolute Gasteiger partial charge is 0.319 e. The summed E-state index contributed by atoms with van der Waals surface area (Å²) in [5.41, 5.74) is 13.9. The summed E-state index contributed by atoms with van der Waals surface area (Å²) in [6.45, 7) is 1.05. The third-order valence-corrected chi connectivity index (χ3v) is 9.63. The fourth-order valence-corrected chi connectivity index (χ4v) is 7.38. The lowest BCUT2D eigenvalue weighted by Gasteiger charge is -2.60. The molecule has 0 aliphatic heterocycles. The van der Waals surface area contributed by atoms with Crippen molar-refractivity contribution < 1.29 is 38.9 Å². The summed E-state index contributed by atoms with van der Waals surface area (Å²) >= 11 is 0. The van der Waals surface area contributed by atoms with E-state index in [1.54, 1.807) is 25.1 Å². The summed E-state index contributed by atoms with van der Waals surface area (Å²) in [5, 5.41) is 39.9. The van der Waals surface area contributed by atoms with Gasteiger partial charge in [0.25, 0.3) is 5.91 Å². The number of carbonyl (C=O) groups is 4. The molecule has 15 heteroatoms. The average molecular weight is 652 g/mol. The number of rotatable bonds is 6. The SMILES string of the molecule is CN(C)c1cc(CNC(=O)Nc2ccc(F)cc2)c(O)c2c1C[C@@]1(N)C[C@@]3(N)[C@H](N(C)C)C(=O)C(C(N)=O)=C(O)[C@@]3(C)C(=O)C1=C2O. The maximum absolute atomic E-state index is 14.6. The summed E-state index contributed by atoms with van der Waals surface area (Å²) in [4.78, 5) is 56.3. The second kappa shape index (κ2) is 11.1. The lowest BCUT2D eigenvalue weighted by atomic mass is 9.47. The number of aliphatic hydroxyl groups excluding tert-OH is 2. The fraction of sp³-hybridized carbons (Fsp3) is 0.375. The summed E-state index contributed by atoms with van der Waals surface area (Å²) in [6.07, 6.45) is -0.421. The van der Waals surface area contributed by atoms with Crippen molar-refractivity contribution in [3.05, 3.63) is 69.7 Å². The summed E-state index contributed by atoms with van der Waals surface area (Å²) < 4.78 is 13.2. The van der Waals surface area contributed by atoms with Gasteiger partial charge in [-0.1, -0.05) is 0 Å². The predicted molar refractivity (Wildman–Crippen MR) is 171 cm³/mol. The number of halogens is 1. The monoisotopic (exact) mass is 651 g/mol. The van der Waals surface area contributed by atoms with Gasteiger partial charge in [-0.05, 0) is 69.8 Å². The molecule has 0 bridgehead atoms. The molecule has 3 amide bonds. The van der Waals surface area contributed by atoms with E-state index in [2.05, 4.69) is 10.6 Å². The number of anilines is 2. The fourth-order valence-electron chi connectivity index (χ4n) is 7.38. The molecule has 11 N–H and O–H groups in total. The topological polar surface area (TPSA) is 238 Å². The van der Waals surface area contributed by atoms with Crippen molar-refractivity contribution in [1.82, 2.24) is 10.2 Å². The summed E-state index contributed by atoms with van der Waals surface area (Å²) in [7, 11) is 6.49. The van der Waals surface area contributed by atoms with Gasteiger partial charge in [-0.25, -0.2) is 9.18 Å². The number of primary amides is 1. The normalized spacial score (nSPS) is 26.9. The molecular weight excluding hydrogens is 613 g/mol. The molecule has 2 aromatic carbocycles. The zero-order valence-electron chi connectivity index (χ0n) is 26.6. The molecule has 0 heterocycles. The number of hydrogen-bond acceptors (Lipinski definition) is 11. The molecule has 3 aliphatic rings. The van der Waals surface area contributed by atoms with Crippen molar-refractivity contribution in [2.45, 2.75) is 43.4 Å². The van der Waals surface area contributed by atoms with E-state index in [1.165, 1.54) is 50.2 Å². The van der Waals surface area contributed by atoms with E-state index in [-0.39, 0.29) is 36.1 Å². The Morgan fingerprint density at radius 1 is 1.06 bits per heavy atom. The zero-order chi connectivity index (χ0) is 35.0. The van der Waals surface area contributed by atoms with Gasteiger partial charge in [0, 0.05) is 37.6 Å². The Hall–Kier alpha value is -4.99. The van der Waals surface area contributed by atoms with Crippen molar-refractivity contribution in [1.29, 1.82) is 0 Å². The molecule has 14 nitrogen and oxygen atoms in total. The Labute approximate surface area is 269 Å². The van der Waals surface area contributed by atoms with E-state index in [4.69, 9.17) is 17.2 Å². The largest absolute Gasteiger partial charge is 0.510 e. The predicted octanol–water partition coefficient (Wildman–Crippen LogP) is 0.929. The number of nitrogens with one attached hydrogen (secondary N) is 2. The van der Waals surface area contributed by atoms with Gasteiger partial charge in [0.05, 0.1) is 28.3 Å². The maximum atomic E-state index is 14.6. The Morgan fingerprint density at radius 2 is 1.68 bits per heavy atom. The lowest BCUT2D eigenvalue weighted by Crippen LogP contribution is -2.79. The van der Waals surface area contributed by atoms with Crippen LogP contribution in [0.2, 0.25) is 0 Å². The van der Waals surface area contributed by atoms with Crippen LogP contribution in [0, 0.1) is 11.2 Å². The number of hydrogen-bond donors (Lipinski definition) is 8. The Kier molecular flexibility index (Phi) is 7.86. The van der Waals surface area contributed by atoms with Crippen LogP contribution in [0.4, 0.5) is 20.6 Å². The number of nitrogens with two attached hydrogens (primary N) is 3. The van der Waals surface area contributed by atoms with Gasteiger partial charge in [-0.2, -0.15) is 0 Å². The Balaban J connectivity index is 1.64. The number of urea groups is 1. The zero-order valence-corrected chi connectivity index (χ0v) is 26.6. The van der Waals surface area contributed by atoms with Gasteiger partial charge in [0.1, 0.15) is 34.1 Å². The van der Waals surface area contributed by atoms with Crippen LogP contribution in [0.25, 0.3) is 5.76 Å². The molecule has 5 rings (SSSR count). The molecule has 250 valence electrons. The Bertz CT molecular complexity index is 1810. The number of likely N-dealkylation sites (N-methyl/N-ethyl adjacent to an activating group) is 1. The number of ketones is 2. The molecule has 1 saturated carbocycles. The molecule has 0 radical (unpaired) electrons.